The van der Waals surface area contributed by atoms with E-state index in [9.17, 15) is 9.90 Å². The highest BCUT2D eigenvalue weighted by Crippen LogP contribution is 2.27. The number of piperidine rings is 1. The number of carboxylic acid groups (broad SMARTS) is 1. The SMILES string of the molecule is O=C(O)C1(O)CCCN(c2cccc(Br)c2)C1. The standard InChI is InChI=1S/C12H14BrNO3/c13-9-3-1-4-10(7-9)14-6-2-5-12(17,8-14)11(15)16/h1,3-4,7,17H,2,5-6,8H2,(H,15,16). The van der Waals surface area contributed by atoms with Crippen LogP contribution in [0.1, 0.15) is 12.8 Å². The van der Waals surface area contributed by atoms with Crippen molar-refractivity contribution in [1.82, 2.24) is 0 Å². The van der Waals surface area contributed by atoms with Gasteiger partial charge in [-0.1, -0.05) is 22.0 Å². The Morgan fingerprint density at radius 3 is 2.88 bits per heavy atom. The van der Waals surface area contributed by atoms with Crippen LogP contribution in [0.4, 0.5) is 5.69 Å². The van der Waals surface area contributed by atoms with Crippen LogP contribution in [0.15, 0.2) is 28.7 Å². The number of rotatable bonds is 2. The highest BCUT2D eigenvalue weighted by Gasteiger charge is 2.40. The fraction of sp³-hybridized carbons (Fsp3) is 0.417. The number of β-amino-alcohol motifs (C(OH)–C–C–N with tert-alkyl or cyclic N) is 1. The van der Waals surface area contributed by atoms with E-state index in [2.05, 4.69) is 15.9 Å². The fourth-order valence-corrected chi connectivity index (χ4v) is 2.49. The number of aliphatic hydroxyl groups is 1. The van der Waals surface area contributed by atoms with Crippen molar-refractivity contribution in [1.29, 1.82) is 0 Å². The van der Waals surface area contributed by atoms with Gasteiger partial charge in [0.15, 0.2) is 5.60 Å². The molecular formula is C12H14BrNO3. The van der Waals surface area contributed by atoms with Crippen LogP contribution in [0.5, 0.6) is 0 Å². The Morgan fingerprint density at radius 2 is 2.24 bits per heavy atom. The molecular weight excluding hydrogens is 286 g/mol. The maximum atomic E-state index is 11.0. The molecule has 5 heteroatoms. The molecule has 1 fully saturated rings. The summed E-state index contributed by atoms with van der Waals surface area (Å²) in [5, 5.41) is 19.0. The average molecular weight is 300 g/mol. The van der Waals surface area contributed by atoms with E-state index in [0.717, 1.165) is 16.7 Å². The Hall–Kier alpha value is -1.07. The largest absolute Gasteiger partial charge is 0.479 e. The van der Waals surface area contributed by atoms with Crippen molar-refractivity contribution in [3.05, 3.63) is 28.7 Å². The van der Waals surface area contributed by atoms with Crippen molar-refractivity contribution in [3.63, 3.8) is 0 Å². The normalized spacial score (nSPS) is 24.7. The van der Waals surface area contributed by atoms with Crippen LogP contribution in [0.2, 0.25) is 0 Å². The molecule has 1 atom stereocenters. The lowest BCUT2D eigenvalue weighted by Crippen LogP contribution is -2.53. The van der Waals surface area contributed by atoms with Crippen molar-refractivity contribution >= 4 is 27.6 Å². The summed E-state index contributed by atoms with van der Waals surface area (Å²) in [6.07, 6.45) is 0.988. The fourth-order valence-electron chi connectivity index (χ4n) is 2.10. The summed E-state index contributed by atoms with van der Waals surface area (Å²) in [5.74, 6) is -1.14. The summed E-state index contributed by atoms with van der Waals surface area (Å²) in [4.78, 5) is 12.9. The van der Waals surface area contributed by atoms with Crippen LogP contribution in [0.25, 0.3) is 0 Å². The maximum absolute atomic E-state index is 11.0. The summed E-state index contributed by atoms with van der Waals surface area (Å²) >= 11 is 3.38. The Balaban J connectivity index is 2.20. The first-order valence-electron chi connectivity index (χ1n) is 5.47. The Bertz CT molecular complexity index is 438. The molecule has 1 aliphatic heterocycles. The quantitative estimate of drug-likeness (QED) is 0.875. The highest BCUT2D eigenvalue weighted by atomic mass is 79.9. The van der Waals surface area contributed by atoms with Gasteiger partial charge in [-0.2, -0.15) is 0 Å². The van der Waals surface area contributed by atoms with E-state index in [-0.39, 0.29) is 6.54 Å². The number of aliphatic carboxylic acids is 1. The van der Waals surface area contributed by atoms with E-state index >= 15 is 0 Å². The van der Waals surface area contributed by atoms with Crippen molar-refractivity contribution in [2.45, 2.75) is 18.4 Å². The molecule has 2 N–H and O–H groups in total. The van der Waals surface area contributed by atoms with Gasteiger partial charge in [0.2, 0.25) is 0 Å². The molecule has 0 radical (unpaired) electrons. The van der Waals surface area contributed by atoms with Crippen LogP contribution in [-0.4, -0.2) is 34.9 Å². The number of anilines is 1. The number of benzene rings is 1. The minimum absolute atomic E-state index is 0.138. The van der Waals surface area contributed by atoms with Gasteiger partial charge in [0.1, 0.15) is 0 Å². The topological polar surface area (TPSA) is 60.8 Å². The van der Waals surface area contributed by atoms with Gasteiger partial charge in [-0.05, 0) is 31.0 Å². The molecule has 92 valence electrons. The molecule has 1 aromatic carbocycles. The lowest BCUT2D eigenvalue weighted by atomic mass is 9.92. The Labute approximate surface area is 108 Å². The summed E-state index contributed by atoms with van der Waals surface area (Å²) < 4.78 is 0.944. The first-order chi connectivity index (χ1) is 8.01. The Kier molecular flexibility index (Phi) is 3.40. The average Bonchev–Trinajstić information content (AvgIpc) is 2.29. The zero-order valence-corrected chi connectivity index (χ0v) is 10.9. The summed E-state index contributed by atoms with van der Waals surface area (Å²) in [6.45, 7) is 0.908. The van der Waals surface area contributed by atoms with E-state index in [1.807, 2.05) is 29.2 Å². The lowest BCUT2D eigenvalue weighted by Gasteiger charge is -2.37. The number of hydrogen-bond donors (Lipinski definition) is 2. The predicted octanol–water partition coefficient (Wildman–Crippen LogP) is 1.86. The second kappa shape index (κ2) is 4.66. The summed E-state index contributed by atoms with van der Waals surface area (Å²) in [5.41, 5.74) is -0.695. The third kappa shape index (κ3) is 2.61. The zero-order chi connectivity index (χ0) is 12.5. The van der Waals surface area contributed by atoms with Gasteiger partial charge >= 0.3 is 5.97 Å². The second-order valence-corrected chi connectivity index (χ2v) is 5.26. The third-order valence-corrected chi connectivity index (χ3v) is 3.54. The molecule has 0 amide bonds. The molecule has 1 saturated heterocycles. The number of hydrogen-bond acceptors (Lipinski definition) is 3. The second-order valence-electron chi connectivity index (χ2n) is 4.34. The molecule has 0 aromatic heterocycles. The Morgan fingerprint density at radius 1 is 1.47 bits per heavy atom. The minimum Gasteiger partial charge on any atom is -0.479 e. The van der Waals surface area contributed by atoms with Gasteiger partial charge in [0, 0.05) is 16.7 Å². The van der Waals surface area contributed by atoms with Gasteiger partial charge in [-0.3, -0.25) is 0 Å². The molecule has 1 unspecified atom stereocenters. The van der Waals surface area contributed by atoms with E-state index < -0.39 is 11.6 Å². The van der Waals surface area contributed by atoms with E-state index in [1.54, 1.807) is 0 Å². The number of carbonyl (C=O) groups is 1. The third-order valence-electron chi connectivity index (χ3n) is 3.04. The summed E-state index contributed by atoms with van der Waals surface area (Å²) in [6, 6.07) is 7.65. The van der Waals surface area contributed by atoms with Crippen LogP contribution in [0, 0.1) is 0 Å². The van der Waals surface area contributed by atoms with Gasteiger partial charge < -0.3 is 15.1 Å². The zero-order valence-electron chi connectivity index (χ0n) is 9.27. The van der Waals surface area contributed by atoms with Gasteiger partial charge in [-0.15, -0.1) is 0 Å². The highest BCUT2D eigenvalue weighted by molar-refractivity contribution is 9.10. The molecule has 1 aliphatic rings. The molecule has 4 nitrogen and oxygen atoms in total. The van der Waals surface area contributed by atoms with Crippen molar-refractivity contribution < 1.29 is 15.0 Å². The van der Waals surface area contributed by atoms with E-state index in [1.165, 1.54) is 0 Å². The molecule has 0 bridgehead atoms. The van der Waals surface area contributed by atoms with Crippen LogP contribution in [-0.2, 0) is 4.79 Å². The van der Waals surface area contributed by atoms with E-state index in [0.29, 0.717) is 12.8 Å². The van der Waals surface area contributed by atoms with Gasteiger partial charge in [-0.25, -0.2) is 4.79 Å². The van der Waals surface area contributed by atoms with Crippen molar-refractivity contribution in [3.8, 4) is 0 Å². The molecule has 0 saturated carbocycles. The molecule has 1 aromatic rings. The summed E-state index contributed by atoms with van der Waals surface area (Å²) in [7, 11) is 0. The van der Waals surface area contributed by atoms with Crippen molar-refractivity contribution in [2.24, 2.45) is 0 Å². The minimum atomic E-state index is -1.62. The maximum Gasteiger partial charge on any atom is 0.337 e. The van der Waals surface area contributed by atoms with Crippen LogP contribution in [0.3, 0.4) is 0 Å². The van der Waals surface area contributed by atoms with Crippen LogP contribution >= 0.6 is 15.9 Å². The van der Waals surface area contributed by atoms with Crippen molar-refractivity contribution in [2.75, 3.05) is 18.0 Å². The smallest absolute Gasteiger partial charge is 0.337 e. The van der Waals surface area contributed by atoms with Gasteiger partial charge in [0.05, 0.1) is 6.54 Å². The molecule has 0 spiro atoms. The lowest BCUT2D eigenvalue weighted by molar-refractivity contribution is -0.159. The van der Waals surface area contributed by atoms with Gasteiger partial charge in [0.25, 0.3) is 0 Å². The first kappa shape index (κ1) is 12.4. The number of halogens is 1. The first-order valence-corrected chi connectivity index (χ1v) is 6.27. The molecule has 1 heterocycles. The predicted molar refractivity (Wildman–Crippen MR) is 68.2 cm³/mol. The monoisotopic (exact) mass is 299 g/mol. The number of nitrogens with zero attached hydrogens (tertiary/aromatic N) is 1. The van der Waals surface area contributed by atoms with Crippen LogP contribution < -0.4 is 4.90 Å². The van der Waals surface area contributed by atoms with E-state index in [4.69, 9.17) is 5.11 Å². The molecule has 0 aliphatic carbocycles. The molecule has 17 heavy (non-hydrogen) atoms. The number of carboxylic acids is 1. The molecule has 2 rings (SSSR count).